The number of ether oxygens (including phenoxy) is 1. The number of aromatic nitrogens is 6. The van der Waals surface area contributed by atoms with E-state index in [0.717, 1.165) is 0 Å². The first-order valence-corrected chi connectivity index (χ1v) is 31.2. The molecule has 4 amide bonds. The van der Waals surface area contributed by atoms with Gasteiger partial charge in [0.2, 0.25) is 0 Å². The molecule has 3 aromatic carbocycles. The summed E-state index contributed by atoms with van der Waals surface area (Å²) >= 11 is 0. The first-order valence-electron chi connectivity index (χ1n) is 31.2. The van der Waals surface area contributed by atoms with Crippen molar-refractivity contribution < 1.29 is 73.7 Å². The quantitative estimate of drug-likeness (QED) is 0.108. The lowest BCUT2D eigenvalue weighted by molar-refractivity contribution is -0.243. The number of fused-ring (bicyclic) bond motifs is 2. The SMILES string of the molecule is C.O=C1CC(=O)C(c2cnc3ccccn23)=C1c1cn2c3c(cc(F)cc13)CN(C(=O)N1CCC(C(O)C(F)(F)F)CC1)CC2.O=C1CC(=O)C(c2cnc3ccccn23)=C1c1cn2c3c(cc(F)cc13)CN(C(=O)N1CCC(C(OCc3ccccc3)C(F)(F)F)CC1)CC2. The van der Waals surface area contributed by atoms with Crippen molar-refractivity contribution in [3.8, 4) is 0 Å². The van der Waals surface area contributed by atoms with Gasteiger partial charge < -0.3 is 38.6 Å². The second-order valence-corrected chi connectivity index (χ2v) is 24.9. The van der Waals surface area contributed by atoms with Crippen LogP contribution in [0.1, 0.15) is 85.2 Å². The fraction of sp³-hybridized carbons (Fsp3) is 0.343. The van der Waals surface area contributed by atoms with Gasteiger partial charge in [0.05, 0.1) is 65.4 Å². The number of benzene rings is 3. The third-order valence-electron chi connectivity index (χ3n) is 19.1. The molecule has 6 aliphatic rings. The third kappa shape index (κ3) is 11.9. The number of ketones is 4. The third-order valence-corrected chi connectivity index (χ3v) is 19.1. The van der Waals surface area contributed by atoms with Crippen molar-refractivity contribution in [2.75, 3.05) is 39.3 Å². The molecule has 1 N–H and O–H groups in total. The van der Waals surface area contributed by atoms with Gasteiger partial charge in [-0.15, -0.1) is 0 Å². The van der Waals surface area contributed by atoms with Gasteiger partial charge in [-0.2, -0.15) is 26.3 Å². The summed E-state index contributed by atoms with van der Waals surface area (Å²) in [7, 11) is 0. The highest BCUT2D eigenvalue weighted by Crippen LogP contribution is 2.44. The van der Waals surface area contributed by atoms with E-state index in [1.54, 1.807) is 110 Å². The second-order valence-electron chi connectivity index (χ2n) is 24.9. The maximum Gasteiger partial charge on any atom is 0.414 e. The van der Waals surface area contributed by atoms with Gasteiger partial charge in [-0.3, -0.25) is 28.0 Å². The number of carbonyl (C=O) groups excluding carboxylic acids is 6. The predicted octanol–water partition coefficient (Wildman–Crippen LogP) is 11.8. The maximum atomic E-state index is 15.3. The minimum atomic E-state index is -4.71. The highest BCUT2D eigenvalue weighted by Gasteiger charge is 2.48. The molecule has 0 radical (unpaired) electrons. The summed E-state index contributed by atoms with van der Waals surface area (Å²) in [6, 6.07) is 24.2. The van der Waals surface area contributed by atoms with E-state index < -0.39 is 48.0 Å². The molecular formula is C70H64F8N10O8. The number of carbonyl (C=O) groups is 6. The van der Waals surface area contributed by atoms with Gasteiger partial charge >= 0.3 is 24.4 Å². The lowest BCUT2D eigenvalue weighted by Gasteiger charge is -2.38. The van der Waals surface area contributed by atoms with Gasteiger partial charge in [0.1, 0.15) is 22.9 Å². The fourth-order valence-corrected chi connectivity index (χ4v) is 14.6. The molecule has 2 unspecified atom stereocenters. The lowest BCUT2D eigenvalue weighted by atomic mass is 9.90. The Kier molecular flexibility index (Phi) is 17.2. The van der Waals surface area contributed by atoms with Crippen LogP contribution >= 0.6 is 0 Å². The Morgan fingerprint density at radius 1 is 0.531 bits per heavy atom. The zero-order valence-electron chi connectivity index (χ0n) is 50.8. The van der Waals surface area contributed by atoms with Crippen LogP contribution in [0.2, 0.25) is 0 Å². The van der Waals surface area contributed by atoms with E-state index in [1.165, 1.54) is 34.1 Å². The number of pyridine rings is 2. The van der Waals surface area contributed by atoms with Crippen LogP contribution in [-0.2, 0) is 56.7 Å². The summed E-state index contributed by atoms with van der Waals surface area (Å²) in [6.45, 7) is 1.46. The van der Waals surface area contributed by atoms with E-state index in [1.807, 2.05) is 21.3 Å². The van der Waals surface area contributed by atoms with E-state index in [4.69, 9.17) is 4.74 Å². The van der Waals surface area contributed by atoms with E-state index >= 15 is 8.78 Å². The highest BCUT2D eigenvalue weighted by molar-refractivity contribution is 6.52. The molecule has 18 nitrogen and oxygen atoms in total. The average molecular weight is 1330 g/mol. The summed E-state index contributed by atoms with van der Waals surface area (Å²) in [5.74, 6) is -4.32. The molecule has 2 atom stereocenters. The van der Waals surface area contributed by atoms with Gasteiger partial charge in [-0.1, -0.05) is 49.9 Å². The number of aliphatic hydroxyl groups is 1. The van der Waals surface area contributed by atoms with Gasteiger partial charge in [0.15, 0.2) is 35.3 Å². The molecule has 498 valence electrons. The standard InChI is InChI=1S/C38H33F4N5O4.C31H27F4N5O4.CH4/c39-26-16-25-20-46(37(50)44-12-9-24(10-13-44)36(38(40,41)42)51-22-23-6-2-1-3-7-23)15-14-45-21-28(27(17-26)35(25)45)33-30(48)18-31(49)34(33)29-19-43-32-8-4-5-11-47(29)32;32-19-11-18-15-39(30(44)37-7-4-17(5-8-37)29(43)31(33,34)35)10-9-38-16-21(20(12-19)28(18)38)26-23(41)13-24(42)27(26)22-14-36-25-3-1-2-6-40(22)25;/h1-8,11,16-17,19,21,24,36H,9-10,12-15,18,20,22H2;1-3,6,11-12,14,16-17,29,43H,4-5,7-10,13,15H2;1H4. The topological polar surface area (TPSA) is 189 Å². The number of alkyl halides is 6. The minimum absolute atomic E-state index is 0. The largest absolute Gasteiger partial charge is 0.414 e. The van der Waals surface area contributed by atoms with Crippen molar-refractivity contribution in [2.24, 2.45) is 11.8 Å². The smallest absolute Gasteiger partial charge is 0.383 e. The normalized spacial score (nSPS) is 18.3. The molecule has 2 aliphatic carbocycles. The zero-order valence-corrected chi connectivity index (χ0v) is 50.8. The first kappa shape index (κ1) is 64.9. The van der Waals surface area contributed by atoms with Gasteiger partial charge in [-0.25, -0.2) is 28.3 Å². The maximum absolute atomic E-state index is 15.3. The summed E-state index contributed by atoms with van der Waals surface area (Å²) in [5, 5.41) is 10.5. The molecule has 96 heavy (non-hydrogen) atoms. The summed E-state index contributed by atoms with van der Waals surface area (Å²) in [6.07, 6.45) is -3.86. The number of aliphatic hydroxyl groups excluding tert-OH is 1. The molecule has 6 aromatic heterocycles. The number of urea groups is 2. The number of allylic oxidation sites excluding steroid dienone is 4. The van der Waals surface area contributed by atoms with Crippen molar-refractivity contribution in [3.05, 3.63) is 179 Å². The Labute approximate surface area is 543 Å². The van der Waals surface area contributed by atoms with Crippen LogP contribution in [0, 0.1) is 23.5 Å². The number of piperidine rings is 2. The number of likely N-dealkylation sites (tertiary alicyclic amines) is 2. The number of hydrogen-bond donors (Lipinski definition) is 1. The van der Waals surface area contributed by atoms with Gasteiger partial charge in [0.25, 0.3) is 0 Å². The molecule has 2 fully saturated rings. The zero-order chi connectivity index (χ0) is 66.4. The molecule has 9 aromatic rings. The molecule has 26 heteroatoms. The number of imidazole rings is 2. The Morgan fingerprint density at radius 3 is 1.40 bits per heavy atom. The van der Waals surface area contributed by atoms with Gasteiger partial charge in [0, 0.05) is 123 Å². The van der Waals surface area contributed by atoms with Crippen molar-refractivity contribution in [1.29, 1.82) is 0 Å². The van der Waals surface area contributed by atoms with Gasteiger partial charge in [-0.05, 0) is 103 Å². The van der Waals surface area contributed by atoms with Crippen LogP contribution in [0.4, 0.5) is 44.7 Å². The Balaban J connectivity index is 0.000000174. The number of Topliss-reactive ketones (excluding diaryl/α,β-unsaturated/α-hetero) is 4. The van der Waals surface area contributed by atoms with Crippen molar-refractivity contribution in [3.63, 3.8) is 0 Å². The van der Waals surface area contributed by atoms with Crippen molar-refractivity contribution >= 4 is 90.6 Å². The van der Waals surface area contributed by atoms with E-state index in [-0.39, 0.29) is 162 Å². The van der Waals surface area contributed by atoms with E-state index in [2.05, 4.69) is 9.97 Å². The summed E-state index contributed by atoms with van der Waals surface area (Å²) < 4.78 is 124. The minimum Gasteiger partial charge on any atom is -0.383 e. The Hall–Kier alpha value is -9.82. The van der Waals surface area contributed by atoms with Crippen molar-refractivity contribution in [2.45, 2.75) is 103 Å². The second kappa shape index (κ2) is 25.4. The molecule has 0 bridgehead atoms. The number of nitrogens with zero attached hydrogens (tertiary/aromatic N) is 10. The molecule has 15 rings (SSSR count). The first-order chi connectivity index (χ1) is 45.6. The molecule has 0 spiro atoms. The molecule has 2 saturated heterocycles. The fourth-order valence-electron chi connectivity index (χ4n) is 14.6. The van der Waals surface area contributed by atoms with Crippen LogP contribution in [0.3, 0.4) is 0 Å². The van der Waals surface area contributed by atoms with Crippen LogP contribution in [0.5, 0.6) is 0 Å². The molecule has 4 aliphatic heterocycles. The van der Waals surface area contributed by atoms with Crippen LogP contribution < -0.4 is 0 Å². The highest BCUT2D eigenvalue weighted by atomic mass is 19.4. The predicted molar refractivity (Wildman–Crippen MR) is 337 cm³/mol. The lowest BCUT2D eigenvalue weighted by Crippen LogP contribution is -2.50. The van der Waals surface area contributed by atoms with Crippen LogP contribution in [-0.4, -0.2) is 152 Å². The van der Waals surface area contributed by atoms with Crippen LogP contribution in [0.25, 0.3) is 55.4 Å². The number of hydrogen-bond acceptors (Lipinski definition) is 10. The summed E-state index contributed by atoms with van der Waals surface area (Å²) in [5.41, 5.74) is 6.91. The van der Waals surface area contributed by atoms with E-state index in [9.17, 15) is 60.2 Å². The molecule has 10 heterocycles. The van der Waals surface area contributed by atoms with Crippen molar-refractivity contribution in [1.82, 2.24) is 47.5 Å². The number of halogens is 8. The van der Waals surface area contributed by atoms with E-state index in [0.29, 0.717) is 85.4 Å². The number of rotatable bonds is 9. The summed E-state index contributed by atoms with van der Waals surface area (Å²) in [4.78, 5) is 95.4. The molecular weight excluding hydrogens is 1260 g/mol. The monoisotopic (exact) mass is 1320 g/mol. The Morgan fingerprint density at radius 2 is 0.958 bits per heavy atom. The average Bonchev–Trinajstić information content (AvgIpc) is 1.58. The number of amides is 4. The Bertz CT molecular complexity index is 4680. The molecule has 0 saturated carbocycles. The van der Waals surface area contributed by atoms with Crippen LogP contribution in [0.15, 0.2) is 128 Å².